The fourth-order valence-electron chi connectivity index (χ4n) is 3.57. The smallest absolute Gasteiger partial charge is 0.246 e. The molecule has 0 saturated carbocycles. The van der Waals surface area contributed by atoms with Gasteiger partial charge in [-0.2, -0.15) is 0 Å². The van der Waals surface area contributed by atoms with E-state index in [-0.39, 0.29) is 17.5 Å². The summed E-state index contributed by atoms with van der Waals surface area (Å²) in [6.45, 7) is 3.61. The molecule has 1 aliphatic rings. The summed E-state index contributed by atoms with van der Waals surface area (Å²) in [5.41, 5.74) is 2.53. The summed E-state index contributed by atoms with van der Waals surface area (Å²) in [6.07, 6.45) is 4.93. The molecule has 5 nitrogen and oxygen atoms in total. The molecule has 0 unspecified atom stereocenters. The molecule has 0 spiro atoms. The molecular formula is C23H22FN3O2. The van der Waals surface area contributed by atoms with Gasteiger partial charge in [-0.15, -0.1) is 0 Å². The molecule has 1 aromatic heterocycles. The summed E-state index contributed by atoms with van der Waals surface area (Å²) in [5, 5.41) is 11.0. The van der Waals surface area contributed by atoms with Gasteiger partial charge in [0.15, 0.2) is 0 Å². The molecule has 0 aliphatic carbocycles. The van der Waals surface area contributed by atoms with Crippen molar-refractivity contribution in [2.75, 3.05) is 26.2 Å². The monoisotopic (exact) mass is 391 g/mol. The van der Waals surface area contributed by atoms with Crippen LogP contribution >= 0.6 is 0 Å². The number of carbonyl (C=O) groups is 1. The topological polar surface area (TPSA) is 56.7 Å². The maximum absolute atomic E-state index is 13.0. The van der Waals surface area contributed by atoms with Gasteiger partial charge in [-0.1, -0.05) is 24.3 Å². The summed E-state index contributed by atoms with van der Waals surface area (Å²) in [5.74, 6) is -0.136. The van der Waals surface area contributed by atoms with E-state index in [4.69, 9.17) is 0 Å². The number of piperazine rings is 1. The van der Waals surface area contributed by atoms with Gasteiger partial charge in [-0.05, 0) is 41.5 Å². The number of halogens is 1. The molecule has 1 amide bonds. The standard InChI is InChI=1S/C23H22FN3O2/c24-19-7-3-17(4-8-19)5-10-22(29)27-14-12-26(13-15-27)16-18-6-9-21(28)23-20(18)2-1-11-25-23/h1-11,28H,12-16H2/b10-5+. The number of aromatic nitrogens is 1. The van der Waals surface area contributed by atoms with E-state index >= 15 is 0 Å². The third kappa shape index (κ3) is 4.43. The number of hydrogen-bond donors (Lipinski definition) is 1. The first kappa shape index (κ1) is 19.1. The number of pyridine rings is 1. The van der Waals surface area contributed by atoms with Gasteiger partial charge in [0, 0.05) is 50.4 Å². The maximum Gasteiger partial charge on any atom is 0.246 e. The van der Waals surface area contributed by atoms with Crippen molar-refractivity contribution in [1.82, 2.24) is 14.8 Å². The molecular weight excluding hydrogens is 369 g/mol. The first-order valence-corrected chi connectivity index (χ1v) is 9.60. The van der Waals surface area contributed by atoms with Crippen molar-refractivity contribution in [2.24, 2.45) is 0 Å². The highest BCUT2D eigenvalue weighted by Gasteiger charge is 2.20. The number of benzene rings is 2. The summed E-state index contributed by atoms with van der Waals surface area (Å²) < 4.78 is 13.0. The zero-order valence-electron chi connectivity index (χ0n) is 16.0. The SMILES string of the molecule is O=C(/C=C/c1ccc(F)cc1)N1CCN(Cc2ccc(O)c3ncccc23)CC1. The lowest BCUT2D eigenvalue weighted by Gasteiger charge is -2.34. The van der Waals surface area contributed by atoms with Crippen LogP contribution in [0.15, 0.2) is 60.8 Å². The number of nitrogens with zero attached hydrogens (tertiary/aromatic N) is 3. The quantitative estimate of drug-likeness (QED) is 0.693. The van der Waals surface area contributed by atoms with Crippen LogP contribution in [0.25, 0.3) is 17.0 Å². The van der Waals surface area contributed by atoms with Gasteiger partial charge in [-0.3, -0.25) is 14.7 Å². The van der Waals surface area contributed by atoms with Crippen molar-refractivity contribution in [2.45, 2.75) is 6.54 Å². The number of phenols is 1. The Balaban J connectivity index is 1.35. The lowest BCUT2D eigenvalue weighted by Crippen LogP contribution is -2.47. The van der Waals surface area contributed by atoms with Crippen LogP contribution in [0.4, 0.5) is 4.39 Å². The van der Waals surface area contributed by atoms with Crippen molar-refractivity contribution in [1.29, 1.82) is 0 Å². The molecule has 29 heavy (non-hydrogen) atoms. The van der Waals surface area contributed by atoms with Gasteiger partial charge in [0.05, 0.1) is 0 Å². The zero-order valence-corrected chi connectivity index (χ0v) is 16.0. The van der Waals surface area contributed by atoms with Crippen LogP contribution in [0.2, 0.25) is 0 Å². The number of carbonyl (C=O) groups excluding carboxylic acids is 1. The highest BCUT2D eigenvalue weighted by molar-refractivity contribution is 5.92. The van der Waals surface area contributed by atoms with Crippen molar-refractivity contribution in [3.8, 4) is 5.75 Å². The number of phenolic OH excluding ortho intramolecular Hbond substituents is 1. The molecule has 0 bridgehead atoms. The number of aromatic hydroxyl groups is 1. The van der Waals surface area contributed by atoms with E-state index in [9.17, 15) is 14.3 Å². The average Bonchev–Trinajstić information content (AvgIpc) is 2.76. The van der Waals surface area contributed by atoms with Gasteiger partial charge in [-0.25, -0.2) is 4.39 Å². The van der Waals surface area contributed by atoms with Crippen LogP contribution in [0.3, 0.4) is 0 Å². The molecule has 1 N–H and O–H groups in total. The number of hydrogen-bond acceptors (Lipinski definition) is 4. The Hall–Kier alpha value is -3.25. The van der Waals surface area contributed by atoms with E-state index in [1.54, 1.807) is 36.5 Å². The zero-order chi connectivity index (χ0) is 20.2. The lowest BCUT2D eigenvalue weighted by atomic mass is 10.1. The second kappa shape index (κ2) is 8.41. The van der Waals surface area contributed by atoms with Gasteiger partial charge in [0.1, 0.15) is 17.1 Å². The lowest BCUT2D eigenvalue weighted by molar-refractivity contribution is -0.127. The second-order valence-electron chi connectivity index (χ2n) is 7.13. The summed E-state index contributed by atoms with van der Waals surface area (Å²) in [7, 11) is 0. The Bertz CT molecular complexity index is 1040. The predicted molar refractivity (Wildman–Crippen MR) is 111 cm³/mol. The Morgan fingerprint density at radius 2 is 1.83 bits per heavy atom. The minimum Gasteiger partial charge on any atom is -0.506 e. The number of fused-ring (bicyclic) bond motifs is 1. The molecule has 3 aromatic rings. The maximum atomic E-state index is 13.0. The highest BCUT2D eigenvalue weighted by atomic mass is 19.1. The van der Waals surface area contributed by atoms with Crippen LogP contribution in [0, 0.1) is 5.82 Å². The van der Waals surface area contributed by atoms with E-state index in [0.717, 1.165) is 36.1 Å². The highest BCUT2D eigenvalue weighted by Crippen LogP contribution is 2.26. The van der Waals surface area contributed by atoms with Gasteiger partial charge in [0.25, 0.3) is 0 Å². The first-order chi connectivity index (χ1) is 14.1. The van der Waals surface area contributed by atoms with Crippen LogP contribution in [-0.2, 0) is 11.3 Å². The van der Waals surface area contributed by atoms with E-state index in [0.29, 0.717) is 18.6 Å². The molecule has 1 saturated heterocycles. The van der Waals surface area contributed by atoms with E-state index in [1.165, 1.54) is 12.1 Å². The van der Waals surface area contributed by atoms with Crippen LogP contribution in [0.1, 0.15) is 11.1 Å². The van der Waals surface area contributed by atoms with Crippen molar-refractivity contribution in [3.05, 3.63) is 77.7 Å². The fraction of sp³-hybridized carbons (Fsp3) is 0.217. The van der Waals surface area contributed by atoms with Gasteiger partial charge < -0.3 is 10.0 Å². The first-order valence-electron chi connectivity index (χ1n) is 9.60. The molecule has 0 radical (unpaired) electrons. The molecule has 0 atom stereocenters. The van der Waals surface area contributed by atoms with Crippen molar-refractivity contribution in [3.63, 3.8) is 0 Å². The van der Waals surface area contributed by atoms with E-state index in [2.05, 4.69) is 9.88 Å². The largest absolute Gasteiger partial charge is 0.506 e. The number of rotatable bonds is 4. The summed E-state index contributed by atoms with van der Waals surface area (Å²) in [4.78, 5) is 20.8. The van der Waals surface area contributed by atoms with Crippen LogP contribution in [-0.4, -0.2) is 52.0 Å². The normalized spacial score (nSPS) is 15.3. The van der Waals surface area contributed by atoms with E-state index < -0.39 is 0 Å². The van der Waals surface area contributed by atoms with Crippen molar-refractivity contribution >= 4 is 22.9 Å². The molecule has 2 aromatic carbocycles. The summed E-state index contributed by atoms with van der Waals surface area (Å²) >= 11 is 0. The third-order valence-corrected chi connectivity index (χ3v) is 5.20. The Morgan fingerprint density at radius 3 is 2.59 bits per heavy atom. The second-order valence-corrected chi connectivity index (χ2v) is 7.13. The van der Waals surface area contributed by atoms with Gasteiger partial charge in [0.2, 0.25) is 5.91 Å². The Labute approximate surface area is 168 Å². The minimum absolute atomic E-state index is 0.0340. The van der Waals surface area contributed by atoms with Crippen LogP contribution < -0.4 is 0 Å². The predicted octanol–water partition coefficient (Wildman–Crippen LogP) is 3.44. The molecule has 4 rings (SSSR count). The van der Waals surface area contributed by atoms with E-state index in [1.807, 2.05) is 23.1 Å². The number of amides is 1. The fourth-order valence-corrected chi connectivity index (χ4v) is 3.57. The Morgan fingerprint density at radius 1 is 1.07 bits per heavy atom. The third-order valence-electron chi connectivity index (χ3n) is 5.20. The summed E-state index contributed by atoms with van der Waals surface area (Å²) in [6, 6.07) is 13.5. The molecule has 6 heteroatoms. The van der Waals surface area contributed by atoms with Crippen LogP contribution in [0.5, 0.6) is 5.75 Å². The van der Waals surface area contributed by atoms with Gasteiger partial charge >= 0.3 is 0 Å². The molecule has 2 heterocycles. The molecule has 1 aliphatic heterocycles. The molecule has 1 fully saturated rings. The average molecular weight is 391 g/mol. The minimum atomic E-state index is -0.290. The molecule has 148 valence electrons. The Kier molecular flexibility index (Phi) is 5.53. The van der Waals surface area contributed by atoms with Crippen molar-refractivity contribution < 1.29 is 14.3 Å².